The third-order valence-corrected chi connectivity index (χ3v) is 4.69. The van der Waals surface area contributed by atoms with Gasteiger partial charge in [-0.05, 0) is 39.7 Å². The second-order valence-corrected chi connectivity index (χ2v) is 8.27. The smallest absolute Gasteiger partial charge is 0.407 e. The number of rotatable bonds is 7. The van der Waals surface area contributed by atoms with Gasteiger partial charge in [-0.1, -0.05) is 25.5 Å². The van der Waals surface area contributed by atoms with Gasteiger partial charge in [-0.2, -0.15) is 4.73 Å². The van der Waals surface area contributed by atoms with Gasteiger partial charge < -0.3 is 19.8 Å². The number of pyridine rings is 1. The third kappa shape index (κ3) is 4.96. The van der Waals surface area contributed by atoms with Crippen LogP contribution in [0.5, 0.6) is 0 Å². The van der Waals surface area contributed by atoms with E-state index in [9.17, 15) is 10.0 Å². The number of alkyl carbamates (subject to hydrolysis) is 1. The number of unbranched alkanes of at least 4 members (excludes halogenated alkanes) is 1. The Labute approximate surface area is 171 Å². The summed E-state index contributed by atoms with van der Waals surface area (Å²) in [5.41, 5.74) is 1.82. The first-order valence-corrected chi connectivity index (χ1v) is 10.3. The first-order chi connectivity index (χ1) is 13.8. The lowest BCUT2D eigenvalue weighted by atomic mass is 10.2. The Morgan fingerprint density at radius 1 is 1.28 bits per heavy atom. The van der Waals surface area contributed by atoms with Crippen LogP contribution in [0.2, 0.25) is 0 Å². The minimum Gasteiger partial charge on any atom is -0.618 e. The predicted octanol–water partition coefficient (Wildman–Crippen LogP) is 4.08. The molecule has 29 heavy (non-hydrogen) atoms. The molecular weight excluding hydrogens is 368 g/mol. The number of nitrogens with one attached hydrogen (secondary N) is 1. The quantitative estimate of drug-likeness (QED) is 0.369. The fourth-order valence-electron chi connectivity index (χ4n) is 3.45. The number of imidazole rings is 1. The normalized spacial score (nSPS) is 11.9. The van der Waals surface area contributed by atoms with Crippen LogP contribution in [0.25, 0.3) is 21.9 Å². The van der Waals surface area contributed by atoms with Crippen LogP contribution in [0.1, 0.15) is 52.8 Å². The summed E-state index contributed by atoms with van der Waals surface area (Å²) in [4.78, 5) is 16.6. The van der Waals surface area contributed by atoms with Crippen LogP contribution < -0.4 is 10.0 Å². The van der Waals surface area contributed by atoms with Crippen molar-refractivity contribution in [2.45, 2.75) is 65.5 Å². The van der Waals surface area contributed by atoms with Crippen LogP contribution in [0.3, 0.4) is 0 Å². The maximum Gasteiger partial charge on any atom is 0.407 e. The Bertz CT molecular complexity index is 1000. The fraction of sp³-hybridized carbons (Fsp3) is 0.500. The highest BCUT2D eigenvalue weighted by atomic mass is 16.6. The van der Waals surface area contributed by atoms with Gasteiger partial charge in [0, 0.05) is 25.6 Å². The molecule has 3 rings (SSSR count). The number of benzene rings is 1. The van der Waals surface area contributed by atoms with Crippen LogP contribution in [-0.2, 0) is 17.7 Å². The van der Waals surface area contributed by atoms with Gasteiger partial charge >= 0.3 is 6.09 Å². The van der Waals surface area contributed by atoms with Gasteiger partial charge in [0.15, 0.2) is 5.52 Å². The van der Waals surface area contributed by atoms with Crippen molar-refractivity contribution in [3.05, 3.63) is 41.5 Å². The van der Waals surface area contributed by atoms with Crippen molar-refractivity contribution in [3.8, 4) is 0 Å². The van der Waals surface area contributed by atoms with Gasteiger partial charge in [-0.15, -0.1) is 0 Å². The summed E-state index contributed by atoms with van der Waals surface area (Å²) in [6, 6.07) is 7.60. The number of ether oxygens (including phenoxy) is 1. The van der Waals surface area contributed by atoms with Crippen LogP contribution in [0, 0.1) is 5.21 Å². The molecule has 0 radical (unpaired) electrons. The number of hydrogen-bond acceptors (Lipinski definition) is 4. The lowest BCUT2D eigenvalue weighted by molar-refractivity contribution is -0.575. The number of aryl methyl sites for hydroxylation is 2. The standard InChI is InChI=1S/C22H30N4O3/c1-5-6-12-19-24-17-15-26(28)18-11-8-7-10-16(18)20(17)25(19)14-9-13-23-21(27)29-22(2,3)4/h7-8,10-11,15H,5-6,9,12-14H2,1-4H3,(H,23,27). The Morgan fingerprint density at radius 2 is 2.03 bits per heavy atom. The van der Waals surface area contributed by atoms with E-state index in [0.29, 0.717) is 24.1 Å². The zero-order valence-corrected chi connectivity index (χ0v) is 17.7. The molecule has 2 aromatic heterocycles. The number of aromatic nitrogens is 3. The predicted molar refractivity (Wildman–Crippen MR) is 114 cm³/mol. The molecule has 0 saturated carbocycles. The van der Waals surface area contributed by atoms with Crippen molar-refractivity contribution in [1.82, 2.24) is 14.9 Å². The topological polar surface area (TPSA) is 83.1 Å². The molecule has 0 saturated heterocycles. The summed E-state index contributed by atoms with van der Waals surface area (Å²) in [5.74, 6) is 0.982. The monoisotopic (exact) mass is 398 g/mol. The average molecular weight is 399 g/mol. The second-order valence-electron chi connectivity index (χ2n) is 8.27. The maximum absolute atomic E-state index is 12.4. The average Bonchev–Trinajstić information content (AvgIpc) is 2.99. The molecule has 1 aromatic carbocycles. The summed E-state index contributed by atoms with van der Waals surface area (Å²) in [5, 5.41) is 16.1. The minimum absolute atomic E-state index is 0.406. The van der Waals surface area contributed by atoms with Crippen molar-refractivity contribution < 1.29 is 14.3 Å². The lowest BCUT2D eigenvalue weighted by Gasteiger charge is -2.19. The molecule has 0 aliphatic heterocycles. The number of carbonyl (C=O) groups is 1. The van der Waals surface area contributed by atoms with Crippen molar-refractivity contribution >= 4 is 28.0 Å². The molecule has 0 atom stereocenters. The zero-order valence-electron chi connectivity index (χ0n) is 17.7. The Morgan fingerprint density at radius 3 is 2.76 bits per heavy atom. The molecule has 0 unspecified atom stereocenters. The summed E-state index contributed by atoms with van der Waals surface area (Å²) in [6.45, 7) is 8.90. The first kappa shape index (κ1) is 20.9. The molecule has 0 aliphatic rings. The van der Waals surface area contributed by atoms with Crippen molar-refractivity contribution in [1.29, 1.82) is 0 Å². The summed E-state index contributed by atoms with van der Waals surface area (Å²) in [6.07, 6.45) is 4.86. The number of hydrogen-bond donors (Lipinski definition) is 1. The molecular formula is C22H30N4O3. The maximum atomic E-state index is 12.4. The van der Waals surface area contributed by atoms with E-state index in [-0.39, 0.29) is 0 Å². The van der Waals surface area contributed by atoms with Crippen LogP contribution in [0.4, 0.5) is 4.79 Å². The SMILES string of the molecule is CCCCc1nc2c[n+]([O-])c3ccccc3c2n1CCCNC(=O)OC(C)(C)C. The molecule has 0 aliphatic carbocycles. The van der Waals surface area contributed by atoms with Gasteiger partial charge in [0.05, 0.1) is 10.9 Å². The van der Waals surface area contributed by atoms with Crippen molar-refractivity contribution in [2.75, 3.05) is 6.54 Å². The number of nitrogens with zero attached hydrogens (tertiary/aromatic N) is 3. The van der Waals surface area contributed by atoms with Crippen molar-refractivity contribution in [2.24, 2.45) is 0 Å². The highest BCUT2D eigenvalue weighted by Gasteiger charge is 2.19. The van der Waals surface area contributed by atoms with Gasteiger partial charge in [0.2, 0.25) is 11.7 Å². The van der Waals surface area contributed by atoms with Crippen molar-refractivity contribution in [3.63, 3.8) is 0 Å². The Kier molecular flexibility index (Phi) is 6.25. The van der Waals surface area contributed by atoms with Gasteiger partial charge in [0.25, 0.3) is 0 Å². The van der Waals surface area contributed by atoms with Crippen LogP contribution in [-0.4, -0.2) is 27.8 Å². The van der Waals surface area contributed by atoms with E-state index in [2.05, 4.69) is 16.8 Å². The van der Waals surface area contributed by atoms with Crippen LogP contribution in [0.15, 0.2) is 30.5 Å². The van der Waals surface area contributed by atoms with E-state index < -0.39 is 11.7 Å². The number of para-hydroxylation sites is 1. The molecule has 1 N–H and O–H groups in total. The second kappa shape index (κ2) is 8.68. The summed E-state index contributed by atoms with van der Waals surface area (Å²) < 4.78 is 8.38. The van der Waals surface area contributed by atoms with E-state index >= 15 is 0 Å². The zero-order chi connectivity index (χ0) is 21.0. The Hall–Kier alpha value is -2.83. The highest BCUT2D eigenvalue weighted by molar-refractivity contribution is 6.00. The number of amides is 1. The molecule has 0 bridgehead atoms. The minimum atomic E-state index is -0.509. The third-order valence-electron chi connectivity index (χ3n) is 4.69. The van der Waals surface area contributed by atoms with E-state index in [1.807, 2.05) is 45.0 Å². The van der Waals surface area contributed by atoms with E-state index in [0.717, 1.165) is 47.1 Å². The first-order valence-electron chi connectivity index (χ1n) is 10.3. The summed E-state index contributed by atoms with van der Waals surface area (Å²) >= 11 is 0. The number of fused-ring (bicyclic) bond motifs is 3. The number of carbonyl (C=O) groups excluding carboxylic acids is 1. The molecule has 156 valence electrons. The highest BCUT2D eigenvalue weighted by Crippen LogP contribution is 2.25. The van der Waals surface area contributed by atoms with Gasteiger partial charge in [-0.25, -0.2) is 9.78 Å². The molecule has 0 fully saturated rings. The van der Waals surface area contributed by atoms with Gasteiger partial charge in [-0.3, -0.25) is 0 Å². The largest absolute Gasteiger partial charge is 0.618 e. The molecule has 1 amide bonds. The summed E-state index contributed by atoms with van der Waals surface area (Å²) in [7, 11) is 0. The van der Waals surface area contributed by atoms with Crippen LogP contribution >= 0.6 is 0 Å². The molecule has 7 nitrogen and oxygen atoms in total. The molecule has 3 aromatic rings. The van der Waals surface area contributed by atoms with E-state index in [4.69, 9.17) is 9.72 Å². The molecule has 7 heteroatoms. The lowest BCUT2D eigenvalue weighted by Crippen LogP contribution is -2.33. The van der Waals surface area contributed by atoms with Gasteiger partial charge in [0.1, 0.15) is 11.4 Å². The van der Waals surface area contributed by atoms with E-state index in [1.54, 1.807) is 6.20 Å². The fourth-order valence-corrected chi connectivity index (χ4v) is 3.45. The Balaban J connectivity index is 1.85. The van der Waals surface area contributed by atoms with E-state index in [1.165, 1.54) is 0 Å². The molecule has 0 spiro atoms. The molecule has 2 heterocycles.